The van der Waals surface area contributed by atoms with E-state index < -0.39 is 6.10 Å². The largest absolute Gasteiger partial charge is 0.479 e. The van der Waals surface area contributed by atoms with Crippen LogP contribution in [0.25, 0.3) is 10.9 Å². The molecule has 3 aromatic rings. The second-order valence-electron chi connectivity index (χ2n) is 6.08. The van der Waals surface area contributed by atoms with E-state index >= 15 is 0 Å². The number of carbonyl (C=O) groups is 1. The Morgan fingerprint density at radius 1 is 1.07 bits per heavy atom. The molecule has 140 valence electrons. The molecule has 0 aliphatic rings. The Balaban J connectivity index is 1.72. The molecule has 0 saturated heterocycles. The summed E-state index contributed by atoms with van der Waals surface area (Å²) in [6.07, 6.45) is 1.23. The van der Waals surface area contributed by atoms with Gasteiger partial charge in [-0.25, -0.2) is 4.79 Å². The quantitative estimate of drug-likeness (QED) is 0.464. The molecule has 0 saturated carbocycles. The van der Waals surface area contributed by atoms with Gasteiger partial charge >= 0.3 is 5.97 Å². The maximum atomic E-state index is 11.6. The highest BCUT2D eigenvalue weighted by atomic mass is 35.5. The van der Waals surface area contributed by atoms with Gasteiger partial charge in [0.25, 0.3) is 0 Å². The van der Waals surface area contributed by atoms with Crippen LogP contribution in [0.3, 0.4) is 0 Å². The van der Waals surface area contributed by atoms with Crippen LogP contribution in [0.1, 0.15) is 13.8 Å². The number of carbonyl (C=O) groups excluding carboxylic acids is 1. The smallest absolute Gasteiger partial charge is 0.347 e. The van der Waals surface area contributed by atoms with E-state index in [1.807, 2.05) is 42.1 Å². The summed E-state index contributed by atoms with van der Waals surface area (Å²) in [4.78, 5) is 11.6. The summed E-state index contributed by atoms with van der Waals surface area (Å²) in [5.74, 6) is 1.56. The third-order valence-electron chi connectivity index (χ3n) is 3.98. The number of esters is 1. The Labute approximate surface area is 163 Å². The Bertz CT molecular complexity index is 956. The van der Waals surface area contributed by atoms with Crippen LogP contribution in [0.4, 0.5) is 0 Å². The normalized spacial score (nSPS) is 11.9. The molecule has 0 radical (unpaired) electrons. The average Bonchev–Trinajstić information content (AvgIpc) is 2.64. The van der Waals surface area contributed by atoms with Gasteiger partial charge in [0, 0.05) is 17.2 Å². The molecular weight excluding hydrogens is 366 g/mol. The summed E-state index contributed by atoms with van der Waals surface area (Å²) < 4.78 is 18.4. The number of fused-ring (bicyclic) bond motifs is 1. The Morgan fingerprint density at radius 2 is 1.78 bits per heavy atom. The van der Waals surface area contributed by atoms with E-state index in [2.05, 4.69) is 0 Å². The van der Waals surface area contributed by atoms with Crippen LogP contribution >= 0.6 is 11.6 Å². The minimum absolute atomic E-state index is 0.328. The van der Waals surface area contributed by atoms with Crippen molar-refractivity contribution in [1.82, 2.24) is 0 Å². The van der Waals surface area contributed by atoms with Crippen LogP contribution in [0.2, 0.25) is 5.02 Å². The van der Waals surface area contributed by atoms with E-state index in [1.54, 1.807) is 38.1 Å². The molecular formula is C21H21ClNO4+. The molecule has 0 amide bonds. The lowest BCUT2D eigenvalue weighted by molar-refractivity contribution is -0.645. The zero-order valence-corrected chi connectivity index (χ0v) is 16.2. The Hall–Kier alpha value is -2.79. The van der Waals surface area contributed by atoms with Crippen LogP contribution in [0.15, 0.2) is 54.7 Å². The highest BCUT2D eigenvalue weighted by molar-refractivity contribution is 6.31. The van der Waals surface area contributed by atoms with Crippen molar-refractivity contribution in [3.8, 4) is 17.2 Å². The van der Waals surface area contributed by atoms with Crippen LogP contribution < -0.4 is 14.0 Å². The summed E-state index contributed by atoms with van der Waals surface area (Å²) in [7, 11) is 1.94. The third kappa shape index (κ3) is 4.68. The number of aryl methyl sites for hydroxylation is 1. The van der Waals surface area contributed by atoms with Crippen molar-refractivity contribution in [2.45, 2.75) is 20.0 Å². The highest BCUT2D eigenvalue weighted by Crippen LogP contribution is 2.26. The number of ether oxygens (including phenoxy) is 3. The zero-order chi connectivity index (χ0) is 19.4. The van der Waals surface area contributed by atoms with Gasteiger partial charge in [-0.15, -0.1) is 0 Å². The molecule has 5 nitrogen and oxygen atoms in total. The summed E-state index contributed by atoms with van der Waals surface area (Å²) >= 11 is 6.06. The van der Waals surface area contributed by atoms with E-state index in [0.717, 1.165) is 10.9 Å². The molecule has 2 aromatic carbocycles. The zero-order valence-electron chi connectivity index (χ0n) is 15.4. The molecule has 6 heteroatoms. The molecule has 0 bridgehead atoms. The number of nitrogens with zero attached hydrogens (tertiary/aromatic N) is 1. The second-order valence-corrected chi connectivity index (χ2v) is 6.51. The molecule has 3 rings (SSSR count). The predicted molar refractivity (Wildman–Crippen MR) is 103 cm³/mol. The van der Waals surface area contributed by atoms with Crippen molar-refractivity contribution in [2.75, 3.05) is 6.61 Å². The molecule has 1 atom stereocenters. The van der Waals surface area contributed by atoms with Crippen molar-refractivity contribution >= 4 is 28.5 Å². The number of hydrogen-bond acceptors (Lipinski definition) is 4. The Morgan fingerprint density at radius 3 is 2.48 bits per heavy atom. The molecule has 1 unspecified atom stereocenters. The van der Waals surface area contributed by atoms with E-state index in [-0.39, 0.29) is 5.97 Å². The lowest BCUT2D eigenvalue weighted by atomic mass is 10.2. The number of benzene rings is 2. The second kappa shape index (κ2) is 8.27. The van der Waals surface area contributed by atoms with Crippen LogP contribution in [-0.4, -0.2) is 18.7 Å². The standard InChI is InChI=1S/C21H21ClNO4/c1-4-25-21(24)14(2)26-17-7-9-18(10-8-17)27-19-11-15-5-6-16(22)12-20(15)23(3)13-19/h5-14H,4H2,1-3H3/q+1. The first-order chi connectivity index (χ1) is 13.0. The van der Waals surface area contributed by atoms with Gasteiger partial charge in [0.2, 0.25) is 11.7 Å². The molecule has 0 aliphatic carbocycles. The van der Waals surface area contributed by atoms with E-state index in [0.29, 0.717) is 28.9 Å². The minimum atomic E-state index is -0.664. The number of pyridine rings is 1. The first-order valence-corrected chi connectivity index (χ1v) is 9.04. The molecule has 1 aromatic heterocycles. The molecule has 0 N–H and O–H groups in total. The average molecular weight is 387 g/mol. The summed E-state index contributed by atoms with van der Waals surface area (Å²) in [5.41, 5.74) is 1.02. The van der Waals surface area contributed by atoms with Crippen LogP contribution in [0.5, 0.6) is 17.2 Å². The number of aromatic nitrogens is 1. The molecule has 27 heavy (non-hydrogen) atoms. The van der Waals surface area contributed by atoms with Gasteiger partial charge in [0.15, 0.2) is 11.9 Å². The topological polar surface area (TPSA) is 48.6 Å². The summed E-state index contributed by atoms with van der Waals surface area (Å²) in [5, 5.41) is 1.72. The lowest BCUT2D eigenvalue weighted by Gasteiger charge is -2.13. The van der Waals surface area contributed by atoms with Crippen LogP contribution in [0, 0.1) is 0 Å². The predicted octanol–water partition coefficient (Wildman–Crippen LogP) is 4.44. The van der Waals surface area contributed by atoms with Gasteiger partial charge in [0.05, 0.1) is 12.0 Å². The maximum absolute atomic E-state index is 11.6. The maximum Gasteiger partial charge on any atom is 0.347 e. The van der Waals surface area contributed by atoms with Crippen molar-refractivity contribution in [3.05, 3.63) is 59.8 Å². The van der Waals surface area contributed by atoms with Gasteiger partial charge < -0.3 is 14.2 Å². The summed E-state index contributed by atoms with van der Waals surface area (Å²) in [6, 6.07) is 14.8. The van der Waals surface area contributed by atoms with Crippen molar-refractivity contribution in [1.29, 1.82) is 0 Å². The monoisotopic (exact) mass is 386 g/mol. The van der Waals surface area contributed by atoms with Gasteiger partial charge in [-0.3, -0.25) is 0 Å². The van der Waals surface area contributed by atoms with Gasteiger partial charge in [-0.2, -0.15) is 4.57 Å². The third-order valence-corrected chi connectivity index (χ3v) is 4.22. The van der Waals surface area contributed by atoms with Crippen molar-refractivity contribution < 1.29 is 23.6 Å². The lowest BCUT2D eigenvalue weighted by Crippen LogP contribution is -2.28. The van der Waals surface area contributed by atoms with Gasteiger partial charge in [-0.1, -0.05) is 11.6 Å². The molecule has 0 fully saturated rings. The number of halogens is 1. The fourth-order valence-electron chi connectivity index (χ4n) is 2.69. The first kappa shape index (κ1) is 19.0. The minimum Gasteiger partial charge on any atom is -0.479 e. The fourth-order valence-corrected chi connectivity index (χ4v) is 2.85. The summed E-state index contributed by atoms with van der Waals surface area (Å²) in [6.45, 7) is 3.75. The van der Waals surface area contributed by atoms with Gasteiger partial charge in [0.1, 0.15) is 18.5 Å². The van der Waals surface area contributed by atoms with Crippen molar-refractivity contribution in [2.24, 2.45) is 7.05 Å². The first-order valence-electron chi connectivity index (χ1n) is 8.66. The fraction of sp³-hybridized carbons (Fsp3) is 0.238. The molecule has 0 spiro atoms. The number of hydrogen-bond donors (Lipinski definition) is 0. The van der Waals surface area contributed by atoms with E-state index in [1.165, 1.54) is 0 Å². The van der Waals surface area contributed by atoms with Crippen LogP contribution in [-0.2, 0) is 16.6 Å². The van der Waals surface area contributed by atoms with Gasteiger partial charge in [-0.05, 0) is 50.2 Å². The van der Waals surface area contributed by atoms with E-state index in [4.69, 9.17) is 25.8 Å². The van der Waals surface area contributed by atoms with Crippen molar-refractivity contribution in [3.63, 3.8) is 0 Å². The molecule has 1 heterocycles. The SMILES string of the molecule is CCOC(=O)C(C)Oc1ccc(Oc2cc3ccc(Cl)cc3[n+](C)c2)cc1. The highest BCUT2D eigenvalue weighted by Gasteiger charge is 2.16. The number of rotatable bonds is 6. The molecule has 0 aliphatic heterocycles. The van der Waals surface area contributed by atoms with E-state index in [9.17, 15) is 4.79 Å². The Kier molecular flexibility index (Phi) is 5.81.